The number of anilines is 1. The van der Waals surface area contributed by atoms with Gasteiger partial charge in [-0.3, -0.25) is 4.40 Å². The van der Waals surface area contributed by atoms with Crippen LogP contribution in [-0.4, -0.2) is 49.4 Å². The molecule has 3 aromatic heterocycles. The summed E-state index contributed by atoms with van der Waals surface area (Å²) in [4.78, 5) is 9.11. The molecule has 0 fully saturated rings. The van der Waals surface area contributed by atoms with Crippen LogP contribution in [0.15, 0.2) is 43.0 Å². The lowest BCUT2D eigenvalue weighted by Crippen LogP contribution is -2.13. The number of methoxy groups -OCH3 is 1. The van der Waals surface area contributed by atoms with Crippen molar-refractivity contribution in [2.75, 3.05) is 25.6 Å². The van der Waals surface area contributed by atoms with E-state index in [0.717, 1.165) is 41.3 Å². The summed E-state index contributed by atoms with van der Waals surface area (Å²) in [5, 5.41) is 11.3. The highest BCUT2D eigenvalue weighted by Gasteiger charge is 2.11. The number of para-hydroxylation sites is 2. The molecular weight excluding hydrogens is 318 g/mol. The average molecular weight is 337 g/mol. The number of rotatable bonds is 7. The number of imidazole rings is 1. The Kier molecular flexibility index (Phi) is 4.26. The van der Waals surface area contributed by atoms with E-state index < -0.39 is 0 Å². The Balaban J connectivity index is 1.53. The summed E-state index contributed by atoms with van der Waals surface area (Å²) in [6.45, 7) is 2.14. The molecule has 1 N–H and O–H groups in total. The number of aromatic nitrogens is 6. The van der Waals surface area contributed by atoms with Crippen molar-refractivity contribution in [3.8, 4) is 0 Å². The second-order valence-corrected chi connectivity index (χ2v) is 5.68. The minimum absolute atomic E-state index is 0.654. The van der Waals surface area contributed by atoms with E-state index in [2.05, 4.69) is 31.1 Å². The van der Waals surface area contributed by atoms with Crippen LogP contribution in [0, 0.1) is 0 Å². The van der Waals surface area contributed by atoms with Crippen molar-refractivity contribution < 1.29 is 4.74 Å². The second-order valence-electron chi connectivity index (χ2n) is 5.68. The molecule has 3 heterocycles. The van der Waals surface area contributed by atoms with Gasteiger partial charge < -0.3 is 14.6 Å². The molecule has 0 atom stereocenters. The lowest BCUT2D eigenvalue weighted by molar-refractivity contribution is 0.187. The van der Waals surface area contributed by atoms with Gasteiger partial charge in [0, 0.05) is 39.0 Å². The highest BCUT2D eigenvalue weighted by molar-refractivity contribution is 5.75. The Morgan fingerprint density at radius 1 is 1.24 bits per heavy atom. The quantitative estimate of drug-likeness (QED) is 0.553. The third-order valence-corrected chi connectivity index (χ3v) is 4.11. The maximum absolute atomic E-state index is 5.24. The zero-order chi connectivity index (χ0) is 17.1. The summed E-state index contributed by atoms with van der Waals surface area (Å²) < 4.78 is 9.29. The normalized spacial score (nSPS) is 11.4. The van der Waals surface area contributed by atoms with Crippen LogP contribution in [0.3, 0.4) is 0 Å². The zero-order valence-electron chi connectivity index (χ0n) is 14.0. The van der Waals surface area contributed by atoms with E-state index in [9.17, 15) is 0 Å². The van der Waals surface area contributed by atoms with Crippen molar-refractivity contribution in [1.29, 1.82) is 0 Å². The topological polar surface area (TPSA) is 82.2 Å². The third-order valence-electron chi connectivity index (χ3n) is 4.11. The number of nitrogens with zero attached hydrogens (tertiary/aromatic N) is 6. The minimum Gasteiger partial charge on any atom is -0.383 e. The largest absolute Gasteiger partial charge is 0.383 e. The molecule has 4 aromatic rings. The first kappa shape index (κ1) is 15.5. The first-order valence-electron chi connectivity index (χ1n) is 8.18. The molecule has 0 bridgehead atoms. The van der Waals surface area contributed by atoms with Crippen LogP contribution in [0.1, 0.15) is 5.82 Å². The van der Waals surface area contributed by atoms with Gasteiger partial charge in [-0.25, -0.2) is 9.97 Å². The monoisotopic (exact) mass is 337 g/mol. The number of hydrogen-bond acceptors (Lipinski definition) is 6. The van der Waals surface area contributed by atoms with Crippen molar-refractivity contribution in [2.45, 2.75) is 13.0 Å². The molecule has 1 aromatic carbocycles. The molecule has 4 rings (SSSR count). The SMILES string of the molecule is COCCn1c(CCNc2nccn3cnnc23)nc2ccccc21. The van der Waals surface area contributed by atoms with Crippen molar-refractivity contribution in [1.82, 2.24) is 29.1 Å². The van der Waals surface area contributed by atoms with Crippen LogP contribution in [0.2, 0.25) is 0 Å². The Morgan fingerprint density at radius 2 is 2.16 bits per heavy atom. The maximum Gasteiger partial charge on any atom is 0.203 e. The standard InChI is InChI=1S/C17H19N7O/c1-25-11-10-24-14-5-3-2-4-13(14)21-15(24)6-7-18-16-17-22-20-12-23(17)9-8-19-16/h2-5,8-9,12H,6-7,10-11H2,1H3,(H,18,19). The summed E-state index contributed by atoms with van der Waals surface area (Å²) in [7, 11) is 1.71. The lowest BCUT2D eigenvalue weighted by Gasteiger charge is -2.10. The van der Waals surface area contributed by atoms with Gasteiger partial charge in [-0.15, -0.1) is 10.2 Å². The van der Waals surface area contributed by atoms with Gasteiger partial charge in [0.05, 0.1) is 17.6 Å². The molecule has 0 saturated heterocycles. The summed E-state index contributed by atoms with van der Waals surface area (Å²) in [6, 6.07) is 8.17. The first-order valence-corrected chi connectivity index (χ1v) is 8.18. The molecule has 8 nitrogen and oxygen atoms in total. The molecule has 0 aliphatic carbocycles. The summed E-state index contributed by atoms with van der Waals surface area (Å²) in [5.41, 5.74) is 2.86. The Bertz CT molecular complexity index is 991. The third kappa shape index (κ3) is 3.03. The molecule has 25 heavy (non-hydrogen) atoms. The summed E-state index contributed by atoms with van der Waals surface area (Å²) in [6.07, 6.45) is 5.98. The van der Waals surface area contributed by atoms with E-state index in [-0.39, 0.29) is 0 Å². The van der Waals surface area contributed by atoms with E-state index >= 15 is 0 Å². The van der Waals surface area contributed by atoms with E-state index in [1.165, 1.54) is 0 Å². The molecule has 0 amide bonds. The van der Waals surface area contributed by atoms with Crippen LogP contribution in [0.25, 0.3) is 16.7 Å². The molecular formula is C17H19N7O. The Hall–Kier alpha value is -3.00. The number of nitrogens with one attached hydrogen (secondary N) is 1. The first-order chi connectivity index (χ1) is 12.4. The van der Waals surface area contributed by atoms with Crippen LogP contribution < -0.4 is 5.32 Å². The van der Waals surface area contributed by atoms with E-state index in [1.807, 2.05) is 28.8 Å². The van der Waals surface area contributed by atoms with Crippen LogP contribution in [0.5, 0.6) is 0 Å². The highest BCUT2D eigenvalue weighted by atomic mass is 16.5. The van der Waals surface area contributed by atoms with Crippen molar-refractivity contribution in [2.24, 2.45) is 0 Å². The molecule has 0 aliphatic heterocycles. The molecule has 8 heteroatoms. The van der Waals surface area contributed by atoms with E-state index in [1.54, 1.807) is 19.6 Å². The van der Waals surface area contributed by atoms with E-state index in [0.29, 0.717) is 13.2 Å². The van der Waals surface area contributed by atoms with Crippen LogP contribution in [0.4, 0.5) is 5.82 Å². The molecule has 0 saturated carbocycles. The molecule has 0 radical (unpaired) electrons. The Morgan fingerprint density at radius 3 is 3.08 bits per heavy atom. The van der Waals surface area contributed by atoms with Crippen molar-refractivity contribution in [3.05, 3.63) is 48.8 Å². The van der Waals surface area contributed by atoms with Crippen molar-refractivity contribution in [3.63, 3.8) is 0 Å². The highest BCUT2D eigenvalue weighted by Crippen LogP contribution is 2.17. The fourth-order valence-corrected chi connectivity index (χ4v) is 2.92. The Labute approximate surface area is 144 Å². The van der Waals surface area contributed by atoms with Gasteiger partial charge in [0.25, 0.3) is 0 Å². The molecule has 0 unspecified atom stereocenters. The lowest BCUT2D eigenvalue weighted by atomic mass is 10.3. The van der Waals surface area contributed by atoms with Gasteiger partial charge in [-0.2, -0.15) is 0 Å². The van der Waals surface area contributed by atoms with E-state index in [4.69, 9.17) is 9.72 Å². The smallest absolute Gasteiger partial charge is 0.203 e. The second kappa shape index (κ2) is 6.86. The minimum atomic E-state index is 0.654. The maximum atomic E-state index is 5.24. The van der Waals surface area contributed by atoms with Crippen molar-refractivity contribution >= 4 is 22.5 Å². The predicted octanol–water partition coefficient (Wildman–Crippen LogP) is 1.77. The number of hydrogen-bond donors (Lipinski definition) is 1. The van der Waals surface area contributed by atoms with Gasteiger partial charge in [0.2, 0.25) is 5.65 Å². The molecule has 0 aliphatic rings. The van der Waals surface area contributed by atoms with Crippen LogP contribution in [-0.2, 0) is 17.7 Å². The fourth-order valence-electron chi connectivity index (χ4n) is 2.92. The fraction of sp³-hybridized carbons (Fsp3) is 0.294. The molecule has 128 valence electrons. The number of ether oxygens (including phenoxy) is 1. The number of fused-ring (bicyclic) bond motifs is 2. The van der Waals surface area contributed by atoms with Gasteiger partial charge >= 0.3 is 0 Å². The summed E-state index contributed by atoms with van der Waals surface area (Å²) in [5.74, 6) is 1.75. The number of benzene rings is 1. The van der Waals surface area contributed by atoms with Crippen LogP contribution >= 0.6 is 0 Å². The van der Waals surface area contributed by atoms with Gasteiger partial charge in [0.1, 0.15) is 12.2 Å². The average Bonchev–Trinajstić information content (AvgIpc) is 3.25. The van der Waals surface area contributed by atoms with Gasteiger partial charge in [-0.1, -0.05) is 12.1 Å². The zero-order valence-corrected chi connectivity index (χ0v) is 14.0. The summed E-state index contributed by atoms with van der Waals surface area (Å²) >= 11 is 0. The van der Waals surface area contributed by atoms with Gasteiger partial charge in [0.15, 0.2) is 5.82 Å². The molecule has 0 spiro atoms. The van der Waals surface area contributed by atoms with Gasteiger partial charge in [-0.05, 0) is 12.1 Å². The predicted molar refractivity (Wildman–Crippen MR) is 94.6 cm³/mol.